The average molecular weight is 192 g/mol. The maximum Gasteiger partial charge on any atom is 0.344 e. The monoisotopic (exact) mass is 192 g/mol. The fourth-order valence-corrected chi connectivity index (χ4v) is 0.484. The summed E-state index contributed by atoms with van der Waals surface area (Å²) in [6.45, 7) is 1.04. The van der Waals surface area contributed by atoms with E-state index in [2.05, 4.69) is 4.74 Å². The topological polar surface area (TPSA) is 121 Å². The van der Waals surface area contributed by atoms with Crippen LogP contribution in [0.3, 0.4) is 0 Å². The van der Waals surface area contributed by atoms with Gasteiger partial charge < -0.3 is 20.1 Å². The van der Waals surface area contributed by atoms with E-state index < -0.39 is 30.1 Å². The Morgan fingerprint density at radius 1 is 1.00 bits per heavy atom. The molecule has 0 aromatic rings. The minimum absolute atomic E-state index is 1.04. The highest BCUT2D eigenvalue weighted by molar-refractivity contribution is 5.96. The minimum atomic E-state index is -2.15. The molecule has 1 atom stereocenters. The molecule has 0 aliphatic rings. The molecule has 0 aliphatic carbocycles. The van der Waals surface area contributed by atoms with Crippen LogP contribution in [0.5, 0.6) is 0 Å². The van der Waals surface area contributed by atoms with Crippen LogP contribution in [-0.2, 0) is 19.1 Å². The van der Waals surface area contributed by atoms with E-state index in [1.165, 1.54) is 0 Å². The third-order valence-electron chi connectivity index (χ3n) is 1.14. The van der Waals surface area contributed by atoms with E-state index in [0.29, 0.717) is 0 Å². The largest absolute Gasteiger partial charge is 0.479 e. The summed E-state index contributed by atoms with van der Waals surface area (Å²) in [6, 6.07) is 0. The highest BCUT2D eigenvalue weighted by Gasteiger charge is 2.30. The van der Waals surface area contributed by atoms with Crippen molar-refractivity contribution in [2.24, 2.45) is 0 Å². The molecule has 13 heavy (non-hydrogen) atoms. The predicted octanol–water partition coefficient (Wildman–Crippen LogP) is -0.986. The van der Waals surface area contributed by atoms with Crippen LogP contribution in [-0.4, -0.2) is 45.4 Å². The van der Waals surface area contributed by atoms with E-state index in [1.807, 2.05) is 0 Å². The SMILES string of the molecule is CC(OC(C(=O)O)C(=O)O)C(=O)O. The van der Waals surface area contributed by atoms with Gasteiger partial charge in [0, 0.05) is 0 Å². The first-order chi connectivity index (χ1) is 5.86. The van der Waals surface area contributed by atoms with Gasteiger partial charge in [-0.2, -0.15) is 0 Å². The van der Waals surface area contributed by atoms with Gasteiger partial charge in [0.2, 0.25) is 0 Å². The number of carboxylic acid groups (broad SMARTS) is 3. The van der Waals surface area contributed by atoms with Gasteiger partial charge in [-0.1, -0.05) is 0 Å². The molecule has 0 fully saturated rings. The van der Waals surface area contributed by atoms with E-state index in [1.54, 1.807) is 0 Å². The molecule has 1 unspecified atom stereocenters. The smallest absolute Gasteiger partial charge is 0.344 e. The summed E-state index contributed by atoms with van der Waals surface area (Å²) in [5.41, 5.74) is 0. The Labute approximate surface area is 72.5 Å². The summed E-state index contributed by atoms with van der Waals surface area (Å²) in [6.07, 6.45) is -3.62. The lowest BCUT2D eigenvalue weighted by atomic mass is 10.3. The predicted molar refractivity (Wildman–Crippen MR) is 37.2 cm³/mol. The van der Waals surface area contributed by atoms with Gasteiger partial charge in [-0.15, -0.1) is 0 Å². The number of carbonyl (C=O) groups is 3. The summed E-state index contributed by atoms with van der Waals surface area (Å²) >= 11 is 0. The van der Waals surface area contributed by atoms with Crippen molar-refractivity contribution in [2.45, 2.75) is 19.1 Å². The first-order valence-corrected chi connectivity index (χ1v) is 3.20. The average Bonchev–Trinajstić information content (AvgIpc) is 1.97. The second-order valence-electron chi connectivity index (χ2n) is 2.17. The van der Waals surface area contributed by atoms with Gasteiger partial charge in [-0.25, -0.2) is 14.4 Å². The van der Waals surface area contributed by atoms with Crippen LogP contribution < -0.4 is 0 Å². The minimum Gasteiger partial charge on any atom is -0.479 e. The fourth-order valence-electron chi connectivity index (χ4n) is 0.484. The fraction of sp³-hybridized carbons (Fsp3) is 0.500. The molecule has 74 valence electrons. The van der Waals surface area contributed by atoms with Crippen molar-refractivity contribution in [1.29, 1.82) is 0 Å². The van der Waals surface area contributed by atoms with Gasteiger partial charge in [0.05, 0.1) is 0 Å². The Balaban J connectivity index is 4.35. The standard InChI is InChI=1S/C6H8O7/c1-2(4(7)8)13-3(5(9)10)6(11)12/h2-3H,1H3,(H,7,8)(H,9,10)(H,11,12). The molecule has 0 saturated heterocycles. The lowest BCUT2D eigenvalue weighted by Crippen LogP contribution is -2.37. The number of rotatable bonds is 5. The third-order valence-corrected chi connectivity index (χ3v) is 1.14. The molecule has 3 N–H and O–H groups in total. The lowest BCUT2D eigenvalue weighted by Gasteiger charge is -2.11. The number of aliphatic carboxylic acids is 3. The maximum atomic E-state index is 10.2. The Bertz CT molecular complexity index is 219. The van der Waals surface area contributed by atoms with Crippen molar-refractivity contribution in [3.8, 4) is 0 Å². The molecule has 0 saturated carbocycles. The van der Waals surface area contributed by atoms with E-state index in [-0.39, 0.29) is 0 Å². The van der Waals surface area contributed by atoms with Crippen LogP contribution in [0.25, 0.3) is 0 Å². The van der Waals surface area contributed by atoms with Crippen LogP contribution in [0, 0.1) is 0 Å². The van der Waals surface area contributed by atoms with Crippen LogP contribution in [0.15, 0.2) is 0 Å². The third kappa shape index (κ3) is 3.52. The lowest BCUT2D eigenvalue weighted by molar-refractivity contribution is -0.174. The zero-order valence-corrected chi connectivity index (χ0v) is 6.63. The quantitative estimate of drug-likeness (QED) is 0.478. The van der Waals surface area contributed by atoms with Crippen molar-refractivity contribution < 1.29 is 34.4 Å². The van der Waals surface area contributed by atoms with Gasteiger partial charge in [0.15, 0.2) is 6.10 Å². The molecule has 7 heteroatoms. The van der Waals surface area contributed by atoms with E-state index >= 15 is 0 Å². The molecular formula is C6H8O7. The van der Waals surface area contributed by atoms with E-state index in [0.717, 1.165) is 6.92 Å². The van der Waals surface area contributed by atoms with E-state index in [4.69, 9.17) is 15.3 Å². The zero-order chi connectivity index (χ0) is 10.6. The first-order valence-electron chi connectivity index (χ1n) is 3.20. The number of hydrogen-bond acceptors (Lipinski definition) is 4. The molecule has 0 radical (unpaired) electrons. The second-order valence-corrected chi connectivity index (χ2v) is 2.17. The highest BCUT2D eigenvalue weighted by atomic mass is 16.6. The maximum absolute atomic E-state index is 10.2. The number of carboxylic acids is 3. The second kappa shape index (κ2) is 4.41. The summed E-state index contributed by atoms with van der Waals surface area (Å²) in [5.74, 6) is -4.89. The molecule has 0 amide bonds. The number of ether oxygens (including phenoxy) is 1. The van der Waals surface area contributed by atoms with Crippen LogP contribution in [0.4, 0.5) is 0 Å². The number of hydrogen-bond donors (Lipinski definition) is 3. The molecule has 0 aliphatic heterocycles. The molecule has 0 bridgehead atoms. The molecular weight excluding hydrogens is 184 g/mol. The van der Waals surface area contributed by atoms with Gasteiger partial charge in [0.25, 0.3) is 6.10 Å². The van der Waals surface area contributed by atoms with Crippen molar-refractivity contribution in [3.05, 3.63) is 0 Å². The first kappa shape index (κ1) is 11.4. The Morgan fingerprint density at radius 3 is 1.62 bits per heavy atom. The van der Waals surface area contributed by atoms with Gasteiger partial charge >= 0.3 is 17.9 Å². The Kier molecular flexibility index (Phi) is 3.86. The zero-order valence-electron chi connectivity index (χ0n) is 6.63. The van der Waals surface area contributed by atoms with E-state index in [9.17, 15) is 14.4 Å². The van der Waals surface area contributed by atoms with Gasteiger partial charge in [-0.3, -0.25) is 0 Å². The van der Waals surface area contributed by atoms with Crippen molar-refractivity contribution in [3.63, 3.8) is 0 Å². The molecule has 0 rings (SSSR count). The van der Waals surface area contributed by atoms with Gasteiger partial charge in [-0.05, 0) is 6.92 Å². The summed E-state index contributed by atoms with van der Waals surface area (Å²) in [4.78, 5) is 30.6. The van der Waals surface area contributed by atoms with Crippen molar-refractivity contribution in [2.75, 3.05) is 0 Å². The Morgan fingerprint density at radius 2 is 1.38 bits per heavy atom. The summed E-state index contributed by atoms with van der Waals surface area (Å²) < 4.78 is 4.24. The summed E-state index contributed by atoms with van der Waals surface area (Å²) in [7, 11) is 0. The van der Waals surface area contributed by atoms with Gasteiger partial charge in [0.1, 0.15) is 0 Å². The Hall–Kier alpha value is -1.63. The normalized spacial score (nSPS) is 12.5. The summed E-state index contributed by atoms with van der Waals surface area (Å²) in [5, 5.41) is 24.8. The highest BCUT2D eigenvalue weighted by Crippen LogP contribution is 1.99. The van der Waals surface area contributed by atoms with Crippen LogP contribution in [0.2, 0.25) is 0 Å². The molecule has 0 aromatic heterocycles. The molecule has 0 heterocycles. The molecule has 7 nitrogen and oxygen atoms in total. The molecule has 0 spiro atoms. The van der Waals surface area contributed by atoms with Crippen molar-refractivity contribution >= 4 is 17.9 Å². The van der Waals surface area contributed by atoms with Crippen LogP contribution >= 0.6 is 0 Å². The molecule has 0 aromatic carbocycles. The van der Waals surface area contributed by atoms with Crippen LogP contribution in [0.1, 0.15) is 6.92 Å². The van der Waals surface area contributed by atoms with Crippen molar-refractivity contribution in [1.82, 2.24) is 0 Å².